The van der Waals surface area contributed by atoms with Crippen LogP contribution in [0.2, 0.25) is 15.1 Å². The van der Waals surface area contributed by atoms with Crippen LogP contribution in [0.4, 0.5) is 26.3 Å². The van der Waals surface area contributed by atoms with Gasteiger partial charge in [0.05, 0.1) is 21.0 Å². The van der Waals surface area contributed by atoms with Crippen LogP contribution in [0.3, 0.4) is 0 Å². The third-order valence-electron chi connectivity index (χ3n) is 4.58. The van der Waals surface area contributed by atoms with E-state index in [0.717, 1.165) is 18.2 Å². The molecule has 2 aromatic carbocycles. The third-order valence-corrected chi connectivity index (χ3v) is 5.77. The number of rotatable bonds is 7. The number of alkyl halides is 6. The van der Waals surface area contributed by atoms with Gasteiger partial charge in [-0.1, -0.05) is 59.1 Å². The molecular weight excluding hydrogens is 545 g/mol. The highest BCUT2D eigenvalue weighted by atomic mass is 35.5. The summed E-state index contributed by atoms with van der Waals surface area (Å²) in [6, 6.07) is 6.16. The molecule has 0 saturated heterocycles. The first-order chi connectivity index (χ1) is 16.1. The van der Waals surface area contributed by atoms with Gasteiger partial charge < -0.3 is 10.6 Å². The van der Waals surface area contributed by atoms with Crippen molar-refractivity contribution in [2.45, 2.75) is 31.2 Å². The van der Waals surface area contributed by atoms with Crippen molar-refractivity contribution in [3.05, 3.63) is 74.2 Å². The molecule has 2 rings (SSSR count). The smallest absolute Gasteiger partial charge is 0.345 e. The van der Waals surface area contributed by atoms with E-state index in [1.165, 1.54) is 37.3 Å². The number of carbonyl (C=O) groups is 2. The molecule has 0 saturated carbocycles. The van der Waals surface area contributed by atoms with Gasteiger partial charge in [-0.05, 0) is 42.3 Å². The summed E-state index contributed by atoms with van der Waals surface area (Å²) >= 11 is 17.5. The maximum absolute atomic E-state index is 13.6. The molecule has 0 spiro atoms. The molecule has 0 fully saturated rings. The number of allylic oxidation sites excluding steroid dienone is 1. The molecule has 4 nitrogen and oxygen atoms in total. The van der Waals surface area contributed by atoms with E-state index in [1.54, 1.807) is 5.32 Å². The van der Waals surface area contributed by atoms with E-state index in [4.69, 9.17) is 34.8 Å². The highest BCUT2D eigenvalue weighted by molar-refractivity contribution is 6.48. The Morgan fingerprint density at radius 2 is 1.51 bits per heavy atom. The minimum Gasteiger partial charge on any atom is -0.345 e. The van der Waals surface area contributed by atoms with Crippen LogP contribution >= 0.6 is 34.8 Å². The second kappa shape index (κ2) is 11.5. The monoisotopic (exact) mass is 560 g/mol. The Balaban J connectivity index is 2.11. The number of carbonyl (C=O) groups excluding carboxylic acids is 2. The predicted molar refractivity (Wildman–Crippen MR) is 122 cm³/mol. The molecule has 0 aliphatic carbocycles. The molecule has 2 aromatic rings. The highest BCUT2D eigenvalue weighted by Crippen LogP contribution is 2.41. The minimum atomic E-state index is -4.67. The van der Waals surface area contributed by atoms with Crippen LogP contribution in [0, 0.1) is 0 Å². The van der Waals surface area contributed by atoms with Crippen LogP contribution < -0.4 is 10.6 Å². The molecule has 13 heteroatoms. The standard InChI is InChI=1S/C22H17Cl3F6N2O2/c1-11(19(34)32-10-21(26,27)28)33-20(35)13-5-2-12(3-6-13)4-7-15(22(29,30)31)14-8-16(23)18(25)17(24)9-14/h2-9,11,15H,10H2,1H3,(H,32,34)(H,33,35). The number of amides is 2. The lowest BCUT2D eigenvalue weighted by atomic mass is 9.97. The Morgan fingerprint density at radius 1 is 0.971 bits per heavy atom. The van der Waals surface area contributed by atoms with E-state index in [9.17, 15) is 35.9 Å². The minimum absolute atomic E-state index is 0.0428. The Bertz CT molecular complexity index is 1080. The van der Waals surface area contributed by atoms with Crippen LogP contribution in [0.25, 0.3) is 6.08 Å². The summed E-state index contributed by atoms with van der Waals surface area (Å²) in [6.07, 6.45) is -7.19. The van der Waals surface area contributed by atoms with Crippen LogP contribution in [-0.4, -0.2) is 36.8 Å². The molecule has 2 N–H and O–H groups in total. The summed E-state index contributed by atoms with van der Waals surface area (Å²) in [6.45, 7) is -0.340. The lowest BCUT2D eigenvalue weighted by Crippen LogP contribution is -2.47. The third kappa shape index (κ3) is 8.63. The highest BCUT2D eigenvalue weighted by Gasteiger charge is 2.39. The van der Waals surface area contributed by atoms with Gasteiger partial charge in [0.15, 0.2) is 0 Å². The molecular formula is C22H17Cl3F6N2O2. The molecule has 0 aliphatic rings. The van der Waals surface area contributed by atoms with Crippen molar-refractivity contribution < 1.29 is 35.9 Å². The van der Waals surface area contributed by atoms with Crippen molar-refractivity contribution in [2.75, 3.05) is 6.54 Å². The SMILES string of the molecule is CC(NC(=O)c1ccc(C=CC(c2cc(Cl)c(Cl)c(Cl)c2)C(F)(F)F)cc1)C(=O)NCC(F)(F)F. The Kier molecular flexibility index (Phi) is 9.49. The summed E-state index contributed by atoms with van der Waals surface area (Å²) in [5, 5.41) is 3.56. The quantitative estimate of drug-likeness (QED) is 0.289. The summed E-state index contributed by atoms with van der Waals surface area (Å²) in [4.78, 5) is 23.9. The fourth-order valence-electron chi connectivity index (χ4n) is 2.80. The van der Waals surface area contributed by atoms with Crippen LogP contribution in [0.1, 0.15) is 34.3 Å². The van der Waals surface area contributed by atoms with Crippen LogP contribution in [-0.2, 0) is 4.79 Å². The number of halogens is 9. The van der Waals surface area contributed by atoms with Crippen molar-refractivity contribution in [2.24, 2.45) is 0 Å². The van der Waals surface area contributed by atoms with Gasteiger partial charge >= 0.3 is 12.4 Å². The van der Waals surface area contributed by atoms with E-state index in [-0.39, 0.29) is 26.2 Å². The average Bonchev–Trinajstić information content (AvgIpc) is 2.74. The number of hydrogen-bond donors (Lipinski definition) is 2. The topological polar surface area (TPSA) is 58.2 Å². The normalized spacial score (nSPS) is 14.0. The zero-order chi connectivity index (χ0) is 26.6. The van der Waals surface area contributed by atoms with Crippen LogP contribution in [0.15, 0.2) is 42.5 Å². The summed E-state index contributed by atoms with van der Waals surface area (Å²) in [5.74, 6) is -3.83. The molecule has 0 radical (unpaired) electrons. The summed E-state index contributed by atoms with van der Waals surface area (Å²) in [5.41, 5.74) is 0.140. The maximum Gasteiger partial charge on any atom is 0.405 e. The first-order valence-corrected chi connectivity index (χ1v) is 10.9. The molecule has 0 bridgehead atoms. The van der Waals surface area contributed by atoms with E-state index >= 15 is 0 Å². The molecule has 0 aromatic heterocycles. The Morgan fingerprint density at radius 3 is 2.00 bits per heavy atom. The van der Waals surface area contributed by atoms with Gasteiger partial charge in [0.2, 0.25) is 5.91 Å². The van der Waals surface area contributed by atoms with Gasteiger partial charge in [-0.25, -0.2) is 0 Å². The maximum atomic E-state index is 13.6. The lowest BCUT2D eigenvalue weighted by molar-refractivity contribution is -0.139. The van der Waals surface area contributed by atoms with E-state index in [0.29, 0.717) is 5.56 Å². The molecule has 190 valence electrons. The number of benzene rings is 2. The molecule has 35 heavy (non-hydrogen) atoms. The van der Waals surface area contributed by atoms with Gasteiger partial charge in [0.25, 0.3) is 5.91 Å². The van der Waals surface area contributed by atoms with E-state index in [2.05, 4.69) is 5.32 Å². The molecule has 0 aliphatic heterocycles. The van der Waals surface area contributed by atoms with E-state index < -0.39 is 42.7 Å². The van der Waals surface area contributed by atoms with Gasteiger partial charge in [-0.15, -0.1) is 0 Å². The van der Waals surface area contributed by atoms with Crippen LogP contribution in [0.5, 0.6) is 0 Å². The van der Waals surface area contributed by atoms with Crippen molar-refractivity contribution in [1.82, 2.24) is 10.6 Å². The largest absolute Gasteiger partial charge is 0.405 e. The fourth-order valence-corrected chi connectivity index (χ4v) is 3.42. The van der Waals surface area contributed by atoms with Gasteiger partial charge in [-0.3, -0.25) is 9.59 Å². The van der Waals surface area contributed by atoms with Gasteiger partial charge in [0.1, 0.15) is 12.6 Å². The molecule has 2 atom stereocenters. The zero-order valence-corrected chi connectivity index (χ0v) is 20.0. The Hall–Kier alpha value is -2.43. The fraction of sp³-hybridized carbons (Fsp3) is 0.273. The zero-order valence-electron chi connectivity index (χ0n) is 17.7. The first-order valence-electron chi connectivity index (χ1n) is 9.73. The van der Waals surface area contributed by atoms with E-state index in [1.807, 2.05) is 0 Å². The Labute approximate surface area is 211 Å². The summed E-state index contributed by atoms with van der Waals surface area (Å²) in [7, 11) is 0. The molecule has 2 amide bonds. The molecule has 0 heterocycles. The number of hydrogen-bond acceptors (Lipinski definition) is 2. The molecule has 2 unspecified atom stereocenters. The lowest BCUT2D eigenvalue weighted by Gasteiger charge is -2.18. The second-order valence-corrected chi connectivity index (χ2v) is 8.52. The average molecular weight is 562 g/mol. The second-order valence-electron chi connectivity index (χ2n) is 7.33. The first kappa shape index (κ1) is 28.8. The van der Waals surface area contributed by atoms with Crippen molar-refractivity contribution in [3.63, 3.8) is 0 Å². The predicted octanol–water partition coefficient (Wildman–Crippen LogP) is 6.80. The number of nitrogens with one attached hydrogen (secondary N) is 2. The van der Waals surface area contributed by atoms with Crippen molar-refractivity contribution >= 4 is 52.7 Å². The summed E-state index contributed by atoms with van der Waals surface area (Å²) < 4.78 is 77.4. The van der Waals surface area contributed by atoms with Crippen molar-refractivity contribution in [1.29, 1.82) is 0 Å². The van der Waals surface area contributed by atoms with Gasteiger partial charge in [-0.2, -0.15) is 26.3 Å². The van der Waals surface area contributed by atoms with Crippen molar-refractivity contribution in [3.8, 4) is 0 Å². The van der Waals surface area contributed by atoms with Gasteiger partial charge in [0, 0.05) is 5.56 Å².